The summed E-state index contributed by atoms with van der Waals surface area (Å²) in [7, 11) is 0. The van der Waals surface area contributed by atoms with Crippen molar-refractivity contribution in [2.75, 3.05) is 12.3 Å². The molecular weight excluding hydrogens is 218 g/mol. The molecule has 0 aromatic carbocycles. The van der Waals surface area contributed by atoms with E-state index >= 15 is 0 Å². The number of anilines is 1. The summed E-state index contributed by atoms with van der Waals surface area (Å²) in [6.45, 7) is 9.24. The highest BCUT2D eigenvalue weighted by Gasteiger charge is 2.28. The summed E-state index contributed by atoms with van der Waals surface area (Å²) in [5.41, 5.74) is 5.66. The molecule has 0 aliphatic carbocycles. The highest BCUT2D eigenvalue weighted by Crippen LogP contribution is 2.29. The van der Waals surface area contributed by atoms with Crippen molar-refractivity contribution in [1.29, 1.82) is 0 Å². The van der Waals surface area contributed by atoms with Gasteiger partial charge in [-0.2, -0.15) is 0 Å². The van der Waals surface area contributed by atoms with Crippen LogP contribution in [0.3, 0.4) is 0 Å². The average Bonchev–Trinajstić information content (AvgIpc) is 2.60. The second-order valence-corrected chi connectivity index (χ2v) is 6.30. The van der Waals surface area contributed by atoms with Gasteiger partial charge < -0.3 is 5.73 Å². The van der Waals surface area contributed by atoms with Crippen LogP contribution in [0.2, 0.25) is 0 Å². The van der Waals surface area contributed by atoms with Gasteiger partial charge in [0.2, 0.25) is 0 Å². The van der Waals surface area contributed by atoms with E-state index in [9.17, 15) is 0 Å². The van der Waals surface area contributed by atoms with Crippen LogP contribution in [-0.4, -0.2) is 22.5 Å². The quantitative estimate of drug-likeness (QED) is 0.862. The molecule has 2 rings (SSSR count). The smallest absolute Gasteiger partial charge is 0.180 e. The Morgan fingerprint density at radius 1 is 1.50 bits per heavy atom. The fourth-order valence-electron chi connectivity index (χ4n) is 2.64. The van der Waals surface area contributed by atoms with E-state index in [1.807, 2.05) is 6.20 Å². The lowest BCUT2D eigenvalue weighted by atomic mass is 9.86. The third-order valence-electron chi connectivity index (χ3n) is 3.65. The van der Waals surface area contributed by atoms with Gasteiger partial charge in [-0.1, -0.05) is 13.8 Å². The molecule has 0 amide bonds. The van der Waals surface area contributed by atoms with Crippen molar-refractivity contribution < 1.29 is 0 Å². The third kappa shape index (κ3) is 2.55. The van der Waals surface area contributed by atoms with E-state index in [-0.39, 0.29) is 0 Å². The number of likely N-dealkylation sites (tertiary alicyclic amines) is 1. The molecule has 1 aromatic heterocycles. The molecule has 1 aromatic rings. The SMILES string of the molecule is CC1CC(C)C(C)N(Cc2cnc(N)s2)C1. The molecule has 90 valence electrons. The van der Waals surface area contributed by atoms with Crippen molar-refractivity contribution in [3.63, 3.8) is 0 Å². The predicted octanol–water partition coefficient (Wildman–Crippen LogP) is 2.59. The second kappa shape index (κ2) is 4.72. The summed E-state index contributed by atoms with van der Waals surface area (Å²) < 4.78 is 0. The Morgan fingerprint density at radius 3 is 2.88 bits per heavy atom. The first-order valence-corrected chi connectivity index (χ1v) is 6.82. The highest BCUT2D eigenvalue weighted by atomic mass is 32.1. The van der Waals surface area contributed by atoms with Gasteiger partial charge in [0.05, 0.1) is 0 Å². The standard InChI is InChI=1S/C12H21N3S/c1-8-4-9(2)10(3)15(6-8)7-11-5-14-12(13)16-11/h5,8-10H,4,6-7H2,1-3H3,(H2,13,14). The molecule has 0 saturated carbocycles. The van der Waals surface area contributed by atoms with Crippen molar-refractivity contribution in [2.24, 2.45) is 11.8 Å². The van der Waals surface area contributed by atoms with Crippen molar-refractivity contribution >= 4 is 16.5 Å². The highest BCUT2D eigenvalue weighted by molar-refractivity contribution is 7.15. The summed E-state index contributed by atoms with van der Waals surface area (Å²) >= 11 is 1.61. The van der Waals surface area contributed by atoms with E-state index in [4.69, 9.17) is 5.73 Å². The Balaban J connectivity index is 2.02. The largest absolute Gasteiger partial charge is 0.375 e. The number of nitrogens with two attached hydrogens (primary N) is 1. The summed E-state index contributed by atoms with van der Waals surface area (Å²) in [4.78, 5) is 7.96. The van der Waals surface area contributed by atoms with Gasteiger partial charge in [0.25, 0.3) is 0 Å². The van der Waals surface area contributed by atoms with Crippen molar-refractivity contribution in [1.82, 2.24) is 9.88 Å². The molecule has 1 fully saturated rings. The summed E-state index contributed by atoms with van der Waals surface area (Å²) in [5.74, 6) is 1.59. The lowest BCUT2D eigenvalue weighted by Gasteiger charge is -2.40. The van der Waals surface area contributed by atoms with E-state index in [1.165, 1.54) is 17.8 Å². The number of hydrogen-bond acceptors (Lipinski definition) is 4. The molecule has 2 heterocycles. The van der Waals surface area contributed by atoms with Gasteiger partial charge in [-0.3, -0.25) is 4.90 Å². The van der Waals surface area contributed by atoms with Gasteiger partial charge in [0.15, 0.2) is 5.13 Å². The zero-order chi connectivity index (χ0) is 11.7. The van der Waals surface area contributed by atoms with Crippen LogP contribution in [0.25, 0.3) is 0 Å². The van der Waals surface area contributed by atoms with E-state index in [0.29, 0.717) is 11.2 Å². The number of nitrogen functional groups attached to an aromatic ring is 1. The fourth-order valence-corrected chi connectivity index (χ4v) is 3.35. The molecule has 16 heavy (non-hydrogen) atoms. The molecule has 3 atom stereocenters. The van der Waals surface area contributed by atoms with Crippen molar-refractivity contribution in [2.45, 2.75) is 39.8 Å². The molecule has 0 bridgehead atoms. The normalized spacial score (nSPS) is 31.8. The molecule has 4 heteroatoms. The van der Waals surface area contributed by atoms with Crippen LogP contribution in [0, 0.1) is 11.8 Å². The van der Waals surface area contributed by atoms with Crippen LogP contribution in [0.1, 0.15) is 32.1 Å². The number of rotatable bonds is 2. The Hall–Kier alpha value is -0.610. The fraction of sp³-hybridized carbons (Fsp3) is 0.750. The average molecular weight is 239 g/mol. The van der Waals surface area contributed by atoms with Gasteiger partial charge in [0, 0.05) is 30.2 Å². The minimum atomic E-state index is 0.666. The summed E-state index contributed by atoms with van der Waals surface area (Å²) in [6, 6.07) is 0.666. The molecule has 1 saturated heterocycles. The van der Waals surface area contributed by atoms with Gasteiger partial charge in [0.1, 0.15) is 0 Å². The first kappa shape index (κ1) is 11.9. The third-order valence-corrected chi connectivity index (χ3v) is 4.46. The second-order valence-electron chi connectivity index (χ2n) is 5.15. The Kier molecular flexibility index (Phi) is 3.50. The number of piperidine rings is 1. The predicted molar refractivity (Wildman–Crippen MR) is 69.3 cm³/mol. The molecule has 3 unspecified atom stereocenters. The molecule has 1 aliphatic rings. The topological polar surface area (TPSA) is 42.2 Å². The van der Waals surface area contributed by atoms with Crippen LogP contribution in [0.4, 0.5) is 5.13 Å². The Labute approximate surface area is 102 Å². The first-order valence-electron chi connectivity index (χ1n) is 6.00. The summed E-state index contributed by atoms with van der Waals surface area (Å²) in [5, 5.41) is 0.681. The number of hydrogen-bond donors (Lipinski definition) is 1. The molecule has 0 spiro atoms. The van der Waals surface area contributed by atoms with E-state index < -0.39 is 0 Å². The van der Waals surface area contributed by atoms with Gasteiger partial charge in [-0.15, -0.1) is 11.3 Å². The minimum Gasteiger partial charge on any atom is -0.375 e. The van der Waals surface area contributed by atoms with Crippen LogP contribution in [0.5, 0.6) is 0 Å². The Bertz CT molecular complexity index is 350. The van der Waals surface area contributed by atoms with Crippen LogP contribution < -0.4 is 5.73 Å². The van der Waals surface area contributed by atoms with Crippen molar-refractivity contribution in [3.8, 4) is 0 Å². The van der Waals surface area contributed by atoms with E-state index in [2.05, 4.69) is 30.7 Å². The van der Waals surface area contributed by atoms with Crippen LogP contribution >= 0.6 is 11.3 Å². The molecule has 0 radical (unpaired) electrons. The van der Waals surface area contributed by atoms with Gasteiger partial charge in [-0.05, 0) is 25.2 Å². The maximum Gasteiger partial charge on any atom is 0.180 e. The molecule has 1 aliphatic heterocycles. The lowest BCUT2D eigenvalue weighted by Crippen LogP contribution is -2.44. The maximum absolute atomic E-state index is 5.66. The zero-order valence-corrected chi connectivity index (χ0v) is 11.1. The monoisotopic (exact) mass is 239 g/mol. The van der Waals surface area contributed by atoms with Crippen molar-refractivity contribution in [3.05, 3.63) is 11.1 Å². The first-order chi connectivity index (χ1) is 7.56. The van der Waals surface area contributed by atoms with E-state index in [0.717, 1.165) is 18.4 Å². The van der Waals surface area contributed by atoms with Gasteiger partial charge in [-0.25, -0.2) is 4.98 Å². The molecular formula is C12H21N3S. The van der Waals surface area contributed by atoms with Crippen LogP contribution in [0.15, 0.2) is 6.20 Å². The van der Waals surface area contributed by atoms with Gasteiger partial charge >= 0.3 is 0 Å². The lowest BCUT2D eigenvalue weighted by molar-refractivity contribution is 0.0738. The van der Waals surface area contributed by atoms with E-state index in [1.54, 1.807) is 11.3 Å². The van der Waals surface area contributed by atoms with Crippen LogP contribution in [-0.2, 0) is 6.54 Å². The summed E-state index contributed by atoms with van der Waals surface area (Å²) in [6.07, 6.45) is 3.26. The number of aromatic nitrogens is 1. The number of thiazole rings is 1. The minimum absolute atomic E-state index is 0.666. The Morgan fingerprint density at radius 2 is 2.25 bits per heavy atom. The molecule has 3 nitrogen and oxygen atoms in total. The zero-order valence-electron chi connectivity index (χ0n) is 10.3. The number of nitrogens with zero attached hydrogens (tertiary/aromatic N) is 2. The maximum atomic E-state index is 5.66. The molecule has 2 N–H and O–H groups in total.